The van der Waals surface area contributed by atoms with Crippen LogP contribution in [0.4, 0.5) is 43.9 Å². The zero-order valence-corrected chi connectivity index (χ0v) is 12.4. The Kier molecular flexibility index (Phi) is 6.96. The zero-order chi connectivity index (χ0) is 19.6. The maximum Gasteiger partial charge on any atom is 0.369 e. The van der Waals surface area contributed by atoms with E-state index in [0.29, 0.717) is 0 Å². The number of carbonyl (C=O) groups excluding carboxylic acids is 1. The summed E-state index contributed by atoms with van der Waals surface area (Å²) in [6.45, 7) is 0.279. The minimum Gasteiger partial charge on any atom is -0.459 e. The summed E-state index contributed by atoms with van der Waals surface area (Å²) in [6, 6.07) is 0. The largest absolute Gasteiger partial charge is 0.459 e. The van der Waals surface area contributed by atoms with Crippen LogP contribution < -0.4 is 0 Å². The van der Waals surface area contributed by atoms with Crippen molar-refractivity contribution in [2.24, 2.45) is 5.92 Å². The number of carbonyl (C=O) groups is 1. The first-order valence-corrected chi connectivity index (χ1v) is 6.48. The van der Waals surface area contributed by atoms with E-state index in [1.165, 1.54) is 13.8 Å². The molecule has 0 amide bonds. The predicted octanol–water partition coefficient (Wildman–Crippen LogP) is 4.77. The van der Waals surface area contributed by atoms with E-state index in [1.807, 2.05) is 0 Å². The molecule has 0 aliphatic heterocycles. The maximum atomic E-state index is 13.3. The van der Waals surface area contributed by atoms with E-state index in [-0.39, 0.29) is 6.42 Å². The minimum atomic E-state index is -6.24. The van der Waals surface area contributed by atoms with Gasteiger partial charge in [0.15, 0.2) is 6.61 Å². The van der Waals surface area contributed by atoms with Crippen LogP contribution in [-0.4, -0.2) is 42.7 Å². The van der Waals surface area contributed by atoms with Gasteiger partial charge in [-0.25, -0.2) is 8.78 Å². The van der Waals surface area contributed by atoms with E-state index < -0.39 is 55.0 Å². The van der Waals surface area contributed by atoms with Crippen LogP contribution in [0.2, 0.25) is 0 Å². The highest BCUT2D eigenvalue weighted by atomic mass is 19.3. The van der Waals surface area contributed by atoms with Crippen LogP contribution in [0, 0.1) is 5.92 Å². The molecule has 24 heavy (non-hydrogen) atoms. The Bertz CT molecular complexity index is 436. The summed E-state index contributed by atoms with van der Waals surface area (Å²) < 4.78 is 131. The number of alkyl halides is 10. The first kappa shape index (κ1) is 22.8. The molecule has 0 bridgehead atoms. The van der Waals surface area contributed by atoms with Crippen LogP contribution in [0.3, 0.4) is 0 Å². The molecule has 0 aromatic carbocycles. The summed E-state index contributed by atoms with van der Waals surface area (Å²) in [4.78, 5) is 11.1. The van der Waals surface area contributed by atoms with Crippen LogP contribution in [0.5, 0.6) is 0 Å². The molecule has 0 aliphatic rings. The molecule has 144 valence electrons. The highest BCUT2D eigenvalue weighted by Gasteiger charge is 2.70. The molecule has 0 aromatic heterocycles. The van der Waals surface area contributed by atoms with Gasteiger partial charge < -0.3 is 4.74 Å². The van der Waals surface area contributed by atoms with E-state index >= 15 is 0 Å². The van der Waals surface area contributed by atoms with Crippen LogP contribution in [0.1, 0.15) is 26.7 Å². The van der Waals surface area contributed by atoms with Crippen molar-refractivity contribution < 1.29 is 53.4 Å². The van der Waals surface area contributed by atoms with Crippen molar-refractivity contribution >= 4 is 5.97 Å². The molecular formula is C12H14F10O2. The third-order valence-corrected chi connectivity index (χ3v) is 3.15. The molecule has 0 fully saturated rings. The molecule has 0 saturated carbocycles. The Labute approximate surface area is 130 Å². The number of rotatable bonds is 9. The first-order valence-electron chi connectivity index (χ1n) is 6.48. The van der Waals surface area contributed by atoms with Crippen LogP contribution in [-0.2, 0) is 9.53 Å². The lowest BCUT2D eigenvalue weighted by atomic mass is 9.99. The number of hydrogen-bond donors (Lipinski definition) is 0. The van der Waals surface area contributed by atoms with Crippen molar-refractivity contribution in [2.45, 2.75) is 56.8 Å². The maximum absolute atomic E-state index is 13.3. The monoisotopic (exact) mass is 380 g/mol. The standard InChI is InChI=1S/C12H14F10O2/c1-3-6(2)7(23)24-5-11(19,20)9(15,16)4-10(17,18)12(21,22)8(13)14/h6,8H,3-5H2,1-2H3. The molecule has 0 N–H and O–H groups in total. The van der Waals surface area contributed by atoms with E-state index in [4.69, 9.17) is 0 Å². The normalized spacial score (nSPS) is 15.5. The van der Waals surface area contributed by atoms with E-state index in [1.54, 1.807) is 0 Å². The Hall–Kier alpha value is -1.23. The lowest BCUT2D eigenvalue weighted by Gasteiger charge is -2.32. The number of hydrogen-bond acceptors (Lipinski definition) is 2. The molecule has 0 aliphatic carbocycles. The van der Waals surface area contributed by atoms with Gasteiger partial charge in [-0.15, -0.1) is 0 Å². The Morgan fingerprint density at radius 3 is 1.75 bits per heavy atom. The Balaban J connectivity index is 5.17. The third-order valence-electron chi connectivity index (χ3n) is 3.15. The van der Waals surface area contributed by atoms with Crippen molar-refractivity contribution in [1.82, 2.24) is 0 Å². The van der Waals surface area contributed by atoms with Crippen LogP contribution >= 0.6 is 0 Å². The molecule has 0 spiro atoms. The lowest BCUT2D eigenvalue weighted by Crippen LogP contribution is -2.54. The molecule has 1 unspecified atom stereocenters. The SMILES string of the molecule is CCC(C)C(=O)OCC(F)(F)C(F)(F)CC(F)(F)C(F)(F)C(F)F. The molecule has 0 heterocycles. The Morgan fingerprint density at radius 1 is 0.917 bits per heavy atom. The van der Waals surface area contributed by atoms with Crippen molar-refractivity contribution in [3.8, 4) is 0 Å². The van der Waals surface area contributed by atoms with Crippen molar-refractivity contribution in [2.75, 3.05) is 6.61 Å². The Morgan fingerprint density at radius 2 is 1.38 bits per heavy atom. The highest BCUT2D eigenvalue weighted by molar-refractivity contribution is 5.71. The smallest absolute Gasteiger partial charge is 0.369 e. The fourth-order valence-corrected chi connectivity index (χ4v) is 1.26. The lowest BCUT2D eigenvalue weighted by molar-refractivity contribution is -0.310. The van der Waals surface area contributed by atoms with Gasteiger partial charge in [-0.05, 0) is 6.42 Å². The van der Waals surface area contributed by atoms with Crippen LogP contribution in [0.15, 0.2) is 0 Å². The molecule has 0 aromatic rings. The summed E-state index contributed by atoms with van der Waals surface area (Å²) >= 11 is 0. The fraction of sp³-hybridized carbons (Fsp3) is 0.917. The van der Waals surface area contributed by atoms with Gasteiger partial charge in [0.25, 0.3) is 0 Å². The summed E-state index contributed by atoms with van der Waals surface area (Å²) in [5.74, 6) is -25.9. The van der Waals surface area contributed by atoms with Gasteiger partial charge in [-0.1, -0.05) is 13.8 Å². The highest BCUT2D eigenvalue weighted by Crippen LogP contribution is 2.49. The van der Waals surface area contributed by atoms with E-state index in [2.05, 4.69) is 4.74 Å². The number of esters is 1. The fourth-order valence-electron chi connectivity index (χ4n) is 1.26. The van der Waals surface area contributed by atoms with Crippen molar-refractivity contribution in [3.05, 3.63) is 0 Å². The van der Waals surface area contributed by atoms with E-state index in [0.717, 1.165) is 0 Å². The van der Waals surface area contributed by atoms with Gasteiger partial charge in [0.2, 0.25) is 0 Å². The number of halogens is 10. The second-order valence-corrected chi connectivity index (χ2v) is 5.13. The van der Waals surface area contributed by atoms with Gasteiger partial charge in [0.05, 0.1) is 12.3 Å². The third kappa shape index (κ3) is 4.88. The summed E-state index contributed by atoms with van der Waals surface area (Å²) in [5, 5.41) is 0. The molecule has 0 radical (unpaired) electrons. The van der Waals surface area contributed by atoms with Crippen LogP contribution in [0.25, 0.3) is 0 Å². The quantitative estimate of drug-likeness (QED) is 0.426. The topological polar surface area (TPSA) is 26.3 Å². The molecule has 0 rings (SSSR count). The zero-order valence-electron chi connectivity index (χ0n) is 12.4. The van der Waals surface area contributed by atoms with Crippen molar-refractivity contribution in [3.63, 3.8) is 0 Å². The summed E-state index contributed by atoms with van der Waals surface area (Å²) in [5.41, 5.74) is 0. The molecule has 12 heteroatoms. The molecular weight excluding hydrogens is 366 g/mol. The average Bonchev–Trinajstić information content (AvgIpc) is 2.42. The van der Waals surface area contributed by atoms with E-state index in [9.17, 15) is 48.7 Å². The minimum absolute atomic E-state index is 0.0967. The second-order valence-electron chi connectivity index (χ2n) is 5.13. The summed E-state index contributed by atoms with van der Waals surface area (Å²) in [6.07, 6.45) is -8.50. The predicted molar refractivity (Wildman–Crippen MR) is 60.8 cm³/mol. The summed E-state index contributed by atoms with van der Waals surface area (Å²) in [7, 11) is 0. The van der Waals surface area contributed by atoms with Gasteiger partial charge in [0, 0.05) is 0 Å². The molecule has 0 saturated heterocycles. The van der Waals surface area contributed by atoms with Gasteiger partial charge >= 0.3 is 36.1 Å². The number of ether oxygens (including phenoxy) is 1. The molecule has 1 atom stereocenters. The van der Waals surface area contributed by atoms with Gasteiger partial charge in [0.1, 0.15) is 0 Å². The van der Waals surface area contributed by atoms with Gasteiger partial charge in [-0.3, -0.25) is 4.79 Å². The van der Waals surface area contributed by atoms with Crippen molar-refractivity contribution in [1.29, 1.82) is 0 Å². The average molecular weight is 380 g/mol. The van der Waals surface area contributed by atoms with Gasteiger partial charge in [-0.2, -0.15) is 35.1 Å². The second kappa shape index (κ2) is 7.34. The first-order chi connectivity index (χ1) is 10.5. The molecule has 2 nitrogen and oxygen atoms in total.